The summed E-state index contributed by atoms with van der Waals surface area (Å²) in [5.41, 5.74) is 3.50. The second-order valence-corrected chi connectivity index (χ2v) is 5.05. The summed E-state index contributed by atoms with van der Waals surface area (Å²) >= 11 is 0. The highest BCUT2D eigenvalue weighted by Gasteiger charge is 2.23. The average molecular weight is 283 g/mol. The van der Waals surface area contributed by atoms with Crippen molar-refractivity contribution in [3.63, 3.8) is 0 Å². The van der Waals surface area contributed by atoms with Crippen LogP contribution >= 0.6 is 0 Å². The van der Waals surface area contributed by atoms with Gasteiger partial charge in [-0.05, 0) is 41.3 Å². The number of carbonyl (C=O) groups excluding carboxylic acids is 2. The highest BCUT2D eigenvalue weighted by atomic mass is 19.1. The van der Waals surface area contributed by atoms with Gasteiger partial charge in [0.2, 0.25) is 0 Å². The van der Waals surface area contributed by atoms with Crippen molar-refractivity contribution in [3.05, 3.63) is 59.4 Å². The second kappa shape index (κ2) is 5.48. The predicted octanol–water partition coefficient (Wildman–Crippen LogP) is 2.69. The van der Waals surface area contributed by atoms with Crippen molar-refractivity contribution >= 4 is 12.2 Å². The summed E-state index contributed by atoms with van der Waals surface area (Å²) < 4.78 is 13.0. The molecule has 3 rings (SSSR count). The van der Waals surface area contributed by atoms with Crippen molar-refractivity contribution in [1.29, 1.82) is 0 Å². The zero-order valence-electron chi connectivity index (χ0n) is 11.4. The van der Waals surface area contributed by atoms with Crippen LogP contribution in [0.25, 0.3) is 11.1 Å². The molecule has 1 aliphatic heterocycles. The van der Waals surface area contributed by atoms with E-state index in [1.54, 1.807) is 23.1 Å². The number of fused-ring (bicyclic) bond motifs is 1. The molecule has 2 aromatic rings. The maximum atomic E-state index is 13.0. The Morgan fingerprint density at radius 3 is 2.52 bits per heavy atom. The molecule has 1 amide bonds. The van der Waals surface area contributed by atoms with Crippen molar-refractivity contribution in [1.82, 2.24) is 4.90 Å². The molecule has 0 fully saturated rings. The number of benzene rings is 2. The molecular formula is C17H14FNO2. The largest absolute Gasteiger partial charge is 0.331 e. The van der Waals surface area contributed by atoms with E-state index in [0.717, 1.165) is 29.4 Å². The molecule has 2 aromatic carbocycles. The number of amides is 1. The Hall–Kier alpha value is -2.49. The van der Waals surface area contributed by atoms with Crippen LogP contribution in [0.4, 0.5) is 4.39 Å². The van der Waals surface area contributed by atoms with Crippen molar-refractivity contribution in [3.8, 4) is 11.1 Å². The second-order valence-electron chi connectivity index (χ2n) is 5.05. The fourth-order valence-electron chi connectivity index (χ4n) is 2.62. The van der Waals surface area contributed by atoms with Gasteiger partial charge in [0.25, 0.3) is 5.91 Å². The fraction of sp³-hybridized carbons (Fsp3) is 0.176. The first kappa shape index (κ1) is 13.5. The number of rotatable bonds is 3. The maximum Gasteiger partial charge on any atom is 0.254 e. The molecule has 21 heavy (non-hydrogen) atoms. The molecule has 106 valence electrons. The molecule has 3 nitrogen and oxygen atoms in total. The Bertz CT molecular complexity index is 694. The summed E-state index contributed by atoms with van der Waals surface area (Å²) in [7, 11) is 0. The first-order valence-electron chi connectivity index (χ1n) is 6.81. The maximum absolute atomic E-state index is 13.0. The molecular weight excluding hydrogens is 269 g/mol. The van der Waals surface area contributed by atoms with Gasteiger partial charge < -0.3 is 9.69 Å². The molecule has 0 atom stereocenters. The van der Waals surface area contributed by atoms with Gasteiger partial charge in [-0.25, -0.2) is 4.39 Å². The van der Waals surface area contributed by atoms with E-state index >= 15 is 0 Å². The molecule has 1 aliphatic rings. The van der Waals surface area contributed by atoms with Crippen molar-refractivity contribution in [2.45, 2.75) is 6.42 Å². The summed E-state index contributed by atoms with van der Waals surface area (Å²) in [6.45, 7) is 0.690. The van der Waals surface area contributed by atoms with Gasteiger partial charge in [0.05, 0.1) is 6.54 Å². The normalized spacial score (nSPS) is 14.0. The standard InChI is InChI=1S/C17H14FNO2/c18-15-4-1-12(2-5-15)13-3-6-16-14(11-13)7-8-19(9-10-20)17(16)21/h1-6,10-11H,7-9H2. The smallest absolute Gasteiger partial charge is 0.254 e. The Morgan fingerprint density at radius 2 is 1.81 bits per heavy atom. The Kier molecular flexibility index (Phi) is 3.52. The monoisotopic (exact) mass is 283 g/mol. The third kappa shape index (κ3) is 2.57. The van der Waals surface area contributed by atoms with Gasteiger partial charge in [0, 0.05) is 12.1 Å². The van der Waals surface area contributed by atoms with Gasteiger partial charge in [-0.15, -0.1) is 0 Å². The molecule has 0 aromatic heterocycles. The minimum Gasteiger partial charge on any atom is -0.331 e. The molecule has 0 bridgehead atoms. The summed E-state index contributed by atoms with van der Waals surface area (Å²) in [5, 5.41) is 0. The lowest BCUT2D eigenvalue weighted by molar-refractivity contribution is -0.108. The topological polar surface area (TPSA) is 37.4 Å². The van der Waals surface area contributed by atoms with E-state index in [-0.39, 0.29) is 18.3 Å². The highest BCUT2D eigenvalue weighted by Crippen LogP contribution is 2.26. The minimum absolute atomic E-state index is 0.103. The SMILES string of the molecule is O=CCN1CCc2cc(-c3ccc(F)cc3)ccc2C1=O. The lowest BCUT2D eigenvalue weighted by Gasteiger charge is -2.27. The van der Waals surface area contributed by atoms with Crippen LogP contribution in [0.5, 0.6) is 0 Å². The zero-order chi connectivity index (χ0) is 14.8. The molecule has 0 saturated heterocycles. The molecule has 0 unspecified atom stereocenters. The number of hydrogen-bond donors (Lipinski definition) is 0. The highest BCUT2D eigenvalue weighted by molar-refractivity contribution is 5.98. The van der Waals surface area contributed by atoms with Gasteiger partial charge >= 0.3 is 0 Å². The molecule has 0 radical (unpaired) electrons. The van der Waals surface area contributed by atoms with Gasteiger partial charge in [-0.2, -0.15) is 0 Å². The fourth-order valence-corrected chi connectivity index (χ4v) is 2.62. The molecule has 0 aliphatic carbocycles. The lowest BCUT2D eigenvalue weighted by atomic mass is 9.94. The molecule has 0 N–H and O–H groups in total. The number of nitrogens with zero attached hydrogens (tertiary/aromatic N) is 1. The van der Waals surface area contributed by atoms with E-state index in [1.807, 2.05) is 12.1 Å². The third-order valence-corrected chi connectivity index (χ3v) is 3.75. The van der Waals surface area contributed by atoms with E-state index in [2.05, 4.69) is 0 Å². The summed E-state index contributed by atoms with van der Waals surface area (Å²) in [6.07, 6.45) is 1.47. The lowest BCUT2D eigenvalue weighted by Crippen LogP contribution is -2.38. The minimum atomic E-state index is -0.267. The zero-order valence-corrected chi connectivity index (χ0v) is 11.4. The molecule has 4 heteroatoms. The van der Waals surface area contributed by atoms with Gasteiger partial charge in [0.1, 0.15) is 12.1 Å². The van der Waals surface area contributed by atoms with E-state index < -0.39 is 0 Å². The first-order valence-corrected chi connectivity index (χ1v) is 6.81. The quantitative estimate of drug-likeness (QED) is 0.812. The number of halogens is 1. The predicted molar refractivity (Wildman–Crippen MR) is 77.5 cm³/mol. The van der Waals surface area contributed by atoms with E-state index in [4.69, 9.17) is 0 Å². The van der Waals surface area contributed by atoms with E-state index in [9.17, 15) is 14.0 Å². The Labute approximate surface area is 122 Å². The van der Waals surface area contributed by atoms with Crippen LogP contribution in [-0.4, -0.2) is 30.2 Å². The van der Waals surface area contributed by atoms with Gasteiger partial charge in [-0.3, -0.25) is 4.79 Å². The van der Waals surface area contributed by atoms with Crippen LogP contribution in [-0.2, 0) is 11.2 Å². The van der Waals surface area contributed by atoms with Gasteiger partial charge in [0.15, 0.2) is 0 Å². The van der Waals surface area contributed by atoms with Crippen molar-refractivity contribution in [2.75, 3.05) is 13.1 Å². The van der Waals surface area contributed by atoms with Crippen LogP contribution in [0.1, 0.15) is 15.9 Å². The Balaban J connectivity index is 1.94. The van der Waals surface area contributed by atoms with Crippen LogP contribution in [0.15, 0.2) is 42.5 Å². The average Bonchev–Trinajstić information content (AvgIpc) is 2.51. The Morgan fingerprint density at radius 1 is 1.10 bits per heavy atom. The number of hydrogen-bond acceptors (Lipinski definition) is 2. The van der Waals surface area contributed by atoms with E-state index in [0.29, 0.717) is 12.1 Å². The van der Waals surface area contributed by atoms with Crippen LogP contribution in [0, 0.1) is 5.82 Å². The van der Waals surface area contributed by atoms with E-state index in [1.165, 1.54) is 12.1 Å². The van der Waals surface area contributed by atoms with Crippen LogP contribution in [0.3, 0.4) is 0 Å². The molecule has 0 saturated carbocycles. The number of carbonyl (C=O) groups is 2. The summed E-state index contributed by atoms with van der Waals surface area (Å²) in [4.78, 5) is 24.3. The summed E-state index contributed by atoms with van der Waals surface area (Å²) in [6, 6.07) is 11.9. The third-order valence-electron chi connectivity index (χ3n) is 3.75. The van der Waals surface area contributed by atoms with Crippen molar-refractivity contribution in [2.24, 2.45) is 0 Å². The van der Waals surface area contributed by atoms with Crippen molar-refractivity contribution < 1.29 is 14.0 Å². The van der Waals surface area contributed by atoms with Crippen LogP contribution in [0.2, 0.25) is 0 Å². The molecule has 0 spiro atoms. The van der Waals surface area contributed by atoms with Crippen LogP contribution < -0.4 is 0 Å². The summed E-state index contributed by atoms with van der Waals surface area (Å²) in [5.74, 6) is -0.370. The van der Waals surface area contributed by atoms with Gasteiger partial charge in [-0.1, -0.05) is 24.3 Å². The number of aldehydes is 1. The molecule has 1 heterocycles. The first-order chi connectivity index (χ1) is 10.2.